The van der Waals surface area contributed by atoms with E-state index in [-0.39, 0.29) is 6.61 Å². The summed E-state index contributed by atoms with van der Waals surface area (Å²) in [7, 11) is 0. The third-order valence-corrected chi connectivity index (χ3v) is 3.54. The van der Waals surface area contributed by atoms with Crippen molar-refractivity contribution in [3.8, 4) is 0 Å². The van der Waals surface area contributed by atoms with Crippen molar-refractivity contribution >= 4 is 17.3 Å². The molecule has 1 aromatic carbocycles. The number of halogens is 1. The number of anilines is 1. The highest BCUT2D eigenvalue weighted by atomic mass is 35.5. The lowest BCUT2D eigenvalue weighted by atomic mass is 10.2. The molecule has 0 spiro atoms. The molecule has 0 saturated carbocycles. The van der Waals surface area contributed by atoms with Gasteiger partial charge in [-0.05, 0) is 24.6 Å². The second-order valence-electron chi connectivity index (χ2n) is 4.51. The van der Waals surface area contributed by atoms with Gasteiger partial charge in [-0.15, -0.1) is 0 Å². The first kappa shape index (κ1) is 12.7. The quantitative estimate of drug-likeness (QED) is 0.891. The molecule has 0 unspecified atom stereocenters. The van der Waals surface area contributed by atoms with Crippen molar-refractivity contribution < 1.29 is 5.11 Å². The van der Waals surface area contributed by atoms with Crippen LogP contribution < -0.4 is 4.90 Å². The highest BCUT2D eigenvalue weighted by molar-refractivity contribution is 6.33. The molecule has 3 nitrogen and oxygen atoms in total. The summed E-state index contributed by atoms with van der Waals surface area (Å²) in [4.78, 5) is 4.59. The zero-order valence-corrected chi connectivity index (χ0v) is 11.0. The topological polar surface area (TPSA) is 26.7 Å². The van der Waals surface area contributed by atoms with Gasteiger partial charge in [-0.25, -0.2) is 0 Å². The van der Waals surface area contributed by atoms with Gasteiger partial charge in [0.05, 0.1) is 17.3 Å². The molecule has 1 aliphatic rings. The largest absolute Gasteiger partial charge is 0.395 e. The fourth-order valence-electron chi connectivity index (χ4n) is 2.22. The number of β-amino-alcohol motifs (C(OH)–C–C–N with tert-alkyl or cyclic N) is 1. The SMILES string of the molecule is Cc1ccc(N2CCN(CCO)CC2)c(Cl)c1. The summed E-state index contributed by atoms with van der Waals surface area (Å²) in [5.74, 6) is 0. The maximum absolute atomic E-state index is 8.90. The Hall–Kier alpha value is -0.770. The minimum absolute atomic E-state index is 0.241. The molecule has 1 saturated heterocycles. The molecular weight excluding hydrogens is 236 g/mol. The van der Waals surface area contributed by atoms with E-state index in [1.807, 2.05) is 6.07 Å². The van der Waals surface area contributed by atoms with Gasteiger partial charge in [-0.2, -0.15) is 0 Å². The van der Waals surface area contributed by atoms with Crippen LogP contribution in [0.15, 0.2) is 18.2 Å². The second-order valence-corrected chi connectivity index (χ2v) is 4.91. The summed E-state index contributed by atoms with van der Waals surface area (Å²) >= 11 is 6.27. The molecule has 17 heavy (non-hydrogen) atoms. The number of rotatable bonds is 3. The Kier molecular flexibility index (Phi) is 4.26. The number of aliphatic hydroxyl groups excluding tert-OH is 1. The van der Waals surface area contributed by atoms with Crippen molar-refractivity contribution in [2.24, 2.45) is 0 Å². The summed E-state index contributed by atoms with van der Waals surface area (Å²) in [6.07, 6.45) is 0. The highest BCUT2D eigenvalue weighted by Crippen LogP contribution is 2.27. The van der Waals surface area contributed by atoms with Crippen LogP contribution >= 0.6 is 11.6 Å². The van der Waals surface area contributed by atoms with Crippen molar-refractivity contribution in [1.82, 2.24) is 4.90 Å². The van der Waals surface area contributed by atoms with Crippen LogP contribution in [-0.2, 0) is 0 Å². The summed E-state index contributed by atoms with van der Waals surface area (Å²) in [6.45, 7) is 7.00. The molecule has 4 heteroatoms. The summed E-state index contributed by atoms with van der Waals surface area (Å²) in [5.41, 5.74) is 2.32. The number of benzene rings is 1. The van der Waals surface area contributed by atoms with E-state index in [1.165, 1.54) is 5.56 Å². The van der Waals surface area contributed by atoms with Gasteiger partial charge in [0.25, 0.3) is 0 Å². The molecule has 1 heterocycles. The van der Waals surface area contributed by atoms with E-state index in [0.29, 0.717) is 0 Å². The Balaban J connectivity index is 2.00. The Bertz CT molecular complexity index is 376. The predicted molar refractivity (Wildman–Crippen MR) is 71.9 cm³/mol. The van der Waals surface area contributed by atoms with Crippen LogP contribution in [0, 0.1) is 6.92 Å². The molecule has 0 atom stereocenters. The van der Waals surface area contributed by atoms with Crippen molar-refractivity contribution in [3.05, 3.63) is 28.8 Å². The third-order valence-electron chi connectivity index (χ3n) is 3.23. The van der Waals surface area contributed by atoms with Gasteiger partial charge >= 0.3 is 0 Å². The molecular formula is C13H19ClN2O. The van der Waals surface area contributed by atoms with Crippen LogP contribution in [0.5, 0.6) is 0 Å². The maximum atomic E-state index is 8.90. The highest BCUT2D eigenvalue weighted by Gasteiger charge is 2.18. The van der Waals surface area contributed by atoms with Gasteiger partial charge in [-0.3, -0.25) is 4.90 Å². The summed E-state index contributed by atoms with van der Waals surface area (Å²) in [5, 5.41) is 9.73. The average Bonchev–Trinajstić information content (AvgIpc) is 2.31. The molecule has 0 amide bonds. The fraction of sp³-hybridized carbons (Fsp3) is 0.538. The van der Waals surface area contributed by atoms with E-state index < -0.39 is 0 Å². The van der Waals surface area contributed by atoms with Crippen molar-refractivity contribution in [1.29, 1.82) is 0 Å². The minimum Gasteiger partial charge on any atom is -0.395 e. The molecule has 0 aromatic heterocycles. The van der Waals surface area contributed by atoms with Gasteiger partial charge in [0.1, 0.15) is 0 Å². The lowest BCUT2D eigenvalue weighted by Crippen LogP contribution is -2.47. The molecule has 1 N–H and O–H groups in total. The van der Waals surface area contributed by atoms with E-state index in [4.69, 9.17) is 16.7 Å². The number of aryl methyl sites for hydroxylation is 1. The third kappa shape index (κ3) is 3.12. The van der Waals surface area contributed by atoms with Crippen LogP contribution in [-0.4, -0.2) is 49.3 Å². The number of hydrogen-bond acceptors (Lipinski definition) is 3. The number of hydrogen-bond donors (Lipinski definition) is 1. The Morgan fingerprint density at radius 1 is 1.24 bits per heavy atom. The van der Waals surface area contributed by atoms with Gasteiger partial charge in [0.2, 0.25) is 0 Å². The minimum atomic E-state index is 0.241. The van der Waals surface area contributed by atoms with E-state index >= 15 is 0 Å². The fourth-order valence-corrected chi connectivity index (χ4v) is 2.58. The molecule has 2 rings (SSSR count). The zero-order valence-electron chi connectivity index (χ0n) is 10.2. The van der Waals surface area contributed by atoms with Crippen molar-refractivity contribution in [2.45, 2.75) is 6.92 Å². The van der Waals surface area contributed by atoms with Gasteiger partial charge in [0, 0.05) is 32.7 Å². The Morgan fingerprint density at radius 3 is 2.53 bits per heavy atom. The number of piperazine rings is 1. The van der Waals surface area contributed by atoms with E-state index in [9.17, 15) is 0 Å². The molecule has 0 aliphatic carbocycles. The lowest BCUT2D eigenvalue weighted by molar-refractivity contribution is 0.189. The van der Waals surface area contributed by atoms with Crippen LogP contribution in [0.1, 0.15) is 5.56 Å². The van der Waals surface area contributed by atoms with Gasteiger partial charge in [-0.1, -0.05) is 17.7 Å². The van der Waals surface area contributed by atoms with Crippen LogP contribution in [0.2, 0.25) is 5.02 Å². The van der Waals surface area contributed by atoms with E-state index in [2.05, 4.69) is 28.9 Å². The van der Waals surface area contributed by atoms with E-state index in [1.54, 1.807) is 0 Å². The molecule has 94 valence electrons. The Labute approximate surface area is 108 Å². The summed E-state index contributed by atoms with van der Waals surface area (Å²) in [6, 6.07) is 6.21. The first-order chi connectivity index (χ1) is 8.20. The normalized spacial score (nSPS) is 17.5. The van der Waals surface area contributed by atoms with Gasteiger partial charge in [0.15, 0.2) is 0 Å². The average molecular weight is 255 g/mol. The number of aliphatic hydroxyl groups is 1. The zero-order chi connectivity index (χ0) is 12.3. The standard InChI is InChI=1S/C13H19ClN2O/c1-11-2-3-13(12(14)10-11)16-6-4-15(5-7-16)8-9-17/h2-3,10,17H,4-9H2,1H3. The second kappa shape index (κ2) is 5.71. The first-order valence-corrected chi connectivity index (χ1v) is 6.43. The maximum Gasteiger partial charge on any atom is 0.0642 e. The predicted octanol–water partition coefficient (Wildman–Crippen LogP) is 1.76. The molecule has 1 aromatic rings. The molecule has 0 bridgehead atoms. The van der Waals surface area contributed by atoms with Crippen molar-refractivity contribution in [2.75, 3.05) is 44.2 Å². The van der Waals surface area contributed by atoms with E-state index in [0.717, 1.165) is 43.4 Å². The van der Waals surface area contributed by atoms with Gasteiger partial charge < -0.3 is 10.0 Å². The lowest BCUT2D eigenvalue weighted by Gasteiger charge is -2.36. The molecule has 0 radical (unpaired) electrons. The number of nitrogens with zero attached hydrogens (tertiary/aromatic N) is 2. The van der Waals surface area contributed by atoms with Crippen LogP contribution in [0.3, 0.4) is 0 Å². The molecule has 1 aliphatic heterocycles. The van der Waals surface area contributed by atoms with Crippen molar-refractivity contribution in [3.63, 3.8) is 0 Å². The first-order valence-electron chi connectivity index (χ1n) is 6.05. The van der Waals surface area contributed by atoms with Crippen LogP contribution in [0.4, 0.5) is 5.69 Å². The Morgan fingerprint density at radius 2 is 1.94 bits per heavy atom. The molecule has 1 fully saturated rings. The smallest absolute Gasteiger partial charge is 0.0642 e. The monoisotopic (exact) mass is 254 g/mol. The van der Waals surface area contributed by atoms with Crippen LogP contribution in [0.25, 0.3) is 0 Å². The summed E-state index contributed by atoms with van der Waals surface area (Å²) < 4.78 is 0.